The molecule has 1 heteroatoms. The lowest BCUT2D eigenvalue weighted by Gasteiger charge is -2.13. The third-order valence-corrected chi connectivity index (χ3v) is 2.51. The van der Waals surface area contributed by atoms with Crippen molar-refractivity contribution in [2.45, 2.75) is 25.7 Å². The van der Waals surface area contributed by atoms with Gasteiger partial charge < -0.3 is 5.11 Å². The fraction of sp³-hybridized carbons (Fsp3) is 0.857. The second-order valence-corrected chi connectivity index (χ2v) is 3.07. The van der Waals surface area contributed by atoms with Gasteiger partial charge in [0.15, 0.2) is 0 Å². The van der Waals surface area contributed by atoms with Crippen LogP contribution < -0.4 is 0 Å². The van der Waals surface area contributed by atoms with E-state index in [-0.39, 0.29) is 0 Å². The van der Waals surface area contributed by atoms with E-state index in [9.17, 15) is 0 Å². The monoisotopic (exact) mass is 111 g/mol. The third kappa shape index (κ3) is 0.510. The van der Waals surface area contributed by atoms with Crippen molar-refractivity contribution >= 4 is 0 Å². The Kier molecular flexibility index (Phi) is 0.884. The summed E-state index contributed by atoms with van der Waals surface area (Å²) in [4.78, 5) is 0. The van der Waals surface area contributed by atoms with Crippen molar-refractivity contribution < 1.29 is 5.11 Å². The molecule has 2 atom stereocenters. The van der Waals surface area contributed by atoms with Gasteiger partial charge in [-0.15, -0.1) is 0 Å². The fourth-order valence-corrected chi connectivity index (χ4v) is 2.03. The van der Waals surface area contributed by atoms with Crippen LogP contribution in [0.2, 0.25) is 0 Å². The molecule has 1 N–H and O–H groups in total. The smallest absolute Gasteiger partial charge is 0.0966 e. The maximum atomic E-state index is 9.14. The highest BCUT2D eigenvalue weighted by atomic mass is 16.3. The summed E-state index contributed by atoms with van der Waals surface area (Å²) >= 11 is 0. The summed E-state index contributed by atoms with van der Waals surface area (Å²) in [7, 11) is 0. The SMILES string of the molecule is O[C]1CC2CCC1C2. The van der Waals surface area contributed by atoms with Crippen molar-refractivity contribution in [3.05, 3.63) is 6.10 Å². The largest absolute Gasteiger partial charge is 0.387 e. The topological polar surface area (TPSA) is 20.2 Å². The zero-order chi connectivity index (χ0) is 5.56. The van der Waals surface area contributed by atoms with Gasteiger partial charge in [-0.1, -0.05) is 0 Å². The van der Waals surface area contributed by atoms with Crippen LogP contribution in [-0.4, -0.2) is 5.11 Å². The van der Waals surface area contributed by atoms with E-state index in [0.717, 1.165) is 18.4 Å². The van der Waals surface area contributed by atoms with Crippen LogP contribution in [-0.2, 0) is 0 Å². The Labute approximate surface area is 49.7 Å². The van der Waals surface area contributed by atoms with Gasteiger partial charge in [0.2, 0.25) is 0 Å². The van der Waals surface area contributed by atoms with Gasteiger partial charge in [0.05, 0.1) is 6.10 Å². The van der Waals surface area contributed by atoms with Crippen molar-refractivity contribution in [2.75, 3.05) is 0 Å². The number of rotatable bonds is 0. The summed E-state index contributed by atoms with van der Waals surface area (Å²) in [6, 6.07) is 0. The second-order valence-electron chi connectivity index (χ2n) is 3.07. The first kappa shape index (κ1) is 4.80. The highest BCUT2D eigenvalue weighted by molar-refractivity contribution is 5.00. The van der Waals surface area contributed by atoms with Gasteiger partial charge >= 0.3 is 0 Å². The van der Waals surface area contributed by atoms with Gasteiger partial charge in [0, 0.05) is 0 Å². The van der Waals surface area contributed by atoms with Crippen LogP contribution in [0.4, 0.5) is 0 Å². The summed E-state index contributed by atoms with van der Waals surface area (Å²) in [5.74, 6) is 1.47. The standard InChI is InChI=1S/C7H11O/c8-7-4-5-1-2-6(7)3-5/h5-6,8H,1-4H2. The van der Waals surface area contributed by atoms with Crippen LogP contribution in [0.3, 0.4) is 0 Å². The van der Waals surface area contributed by atoms with Crippen molar-refractivity contribution in [2.24, 2.45) is 11.8 Å². The quantitative estimate of drug-likeness (QED) is 0.504. The molecule has 0 amide bonds. The highest BCUT2D eigenvalue weighted by Gasteiger charge is 2.38. The maximum Gasteiger partial charge on any atom is 0.0966 e. The zero-order valence-electron chi connectivity index (χ0n) is 4.93. The van der Waals surface area contributed by atoms with Crippen LogP contribution in [0.1, 0.15) is 25.7 Å². The highest BCUT2D eigenvalue weighted by Crippen LogP contribution is 2.47. The Morgan fingerprint density at radius 1 is 1.38 bits per heavy atom. The molecule has 45 valence electrons. The van der Waals surface area contributed by atoms with E-state index in [2.05, 4.69) is 0 Å². The van der Waals surface area contributed by atoms with Gasteiger partial charge in [-0.05, 0) is 37.5 Å². The van der Waals surface area contributed by atoms with E-state index in [4.69, 9.17) is 5.11 Å². The number of aliphatic hydroxyl groups is 1. The average Bonchev–Trinajstić information content (AvgIpc) is 2.23. The van der Waals surface area contributed by atoms with E-state index < -0.39 is 0 Å². The van der Waals surface area contributed by atoms with Gasteiger partial charge in [-0.2, -0.15) is 0 Å². The molecule has 0 aromatic rings. The predicted octanol–water partition coefficient (Wildman–Crippen LogP) is 1.71. The van der Waals surface area contributed by atoms with Crippen LogP contribution >= 0.6 is 0 Å². The Morgan fingerprint density at radius 3 is 2.50 bits per heavy atom. The molecule has 2 fully saturated rings. The molecule has 2 rings (SSSR count). The molecular formula is C7H11O. The minimum atomic E-state index is 0.611. The van der Waals surface area contributed by atoms with E-state index in [1.54, 1.807) is 0 Å². The van der Waals surface area contributed by atoms with Gasteiger partial charge in [-0.3, -0.25) is 0 Å². The molecule has 2 aliphatic carbocycles. The lowest BCUT2D eigenvalue weighted by atomic mass is 9.98. The summed E-state index contributed by atoms with van der Waals surface area (Å²) in [6.45, 7) is 0. The third-order valence-electron chi connectivity index (χ3n) is 2.51. The molecule has 0 aliphatic heterocycles. The Bertz CT molecular complexity index is 98.6. The Hall–Kier alpha value is -0.0400. The minimum absolute atomic E-state index is 0.611. The first-order chi connectivity index (χ1) is 3.86. The lowest BCUT2D eigenvalue weighted by molar-refractivity contribution is 0.224. The van der Waals surface area contributed by atoms with Crippen molar-refractivity contribution in [1.82, 2.24) is 0 Å². The van der Waals surface area contributed by atoms with Crippen molar-refractivity contribution in [3.8, 4) is 0 Å². The van der Waals surface area contributed by atoms with Crippen molar-refractivity contribution in [1.29, 1.82) is 0 Å². The Balaban J connectivity index is 2.11. The number of aliphatic hydroxyl groups excluding tert-OH is 1. The normalized spacial score (nSPS) is 46.1. The second kappa shape index (κ2) is 1.47. The maximum absolute atomic E-state index is 9.14. The lowest BCUT2D eigenvalue weighted by Crippen LogP contribution is -2.05. The van der Waals surface area contributed by atoms with Crippen LogP contribution in [0.5, 0.6) is 0 Å². The molecule has 2 aliphatic rings. The van der Waals surface area contributed by atoms with Gasteiger partial charge in [0.25, 0.3) is 0 Å². The van der Waals surface area contributed by atoms with Gasteiger partial charge in [-0.25, -0.2) is 0 Å². The molecule has 1 nitrogen and oxygen atoms in total. The summed E-state index contributed by atoms with van der Waals surface area (Å²) < 4.78 is 0. The molecule has 8 heavy (non-hydrogen) atoms. The number of hydrogen-bond acceptors (Lipinski definition) is 1. The fourth-order valence-electron chi connectivity index (χ4n) is 2.03. The van der Waals surface area contributed by atoms with Crippen LogP contribution in [0, 0.1) is 17.9 Å². The van der Waals surface area contributed by atoms with Crippen molar-refractivity contribution in [3.63, 3.8) is 0 Å². The van der Waals surface area contributed by atoms with Crippen LogP contribution in [0.25, 0.3) is 0 Å². The summed E-state index contributed by atoms with van der Waals surface area (Å²) in [5, 5.41) is 9.14. The molecule has 0 aromatic heterocycles. The molecular weight excluding hydrogens is 100 g/mol. The summed E-state index contributed by atoms with van der Waals surface area (Å²) in [5.41, 5.74) is 0. The molecule has 2 bridgehead atoms. The molecule has 2 unspecified atom stereocenters. The average molecular weight is 111 g/mol. The predicted molar refractivity (Wildman–Crippen MR) is 30.6 cm³/mol. The first-order valence-corrected chi connectivity index (χ1v) is 3.41. The molecule has 0 spiro atoms. The molecule has 0 aromatic carbocycles. The Morgan fingerprint density at radius 2 is 2.25 bits per heavy atom. The molecule has 0 heterocycles. The molecule has 0 saturated heterocycles. The van der Waals surface area contributed by atoms with E-state index in [1.165, 1.54) is 19.3 Å². The number of fused-ring (bicyclic) bond motifs is 2. The molecule has 2 saturated carbocycles. The minimum Gasteiger partial charge on any atom is -0.387 e. The number of hydrogen-bond donors (Lipinski definition) is 1. The molecule has 1 radical (unpaired) electrons. The van der Waals surface area contributed by atoms with E-state index in [0.29, 0.717) is 5.92 Å². The summed E-state index contributed by atoms with van der Waals surface area (Å²) in [6.07, 6.45) is 5.73. The van der Waals surface area contributed by atoms with E-state index in [1.807, 2.05) is 0 Å². The first-order valence-electron chi connectivity index (χ1n) is 3.41. The zero-order valence-corrected chi connectivity index (χ0v) is 4.93. The van der Waals surface area contributed by atoms with Crippen LogP contribution in [0.15, 0.2) is 0 Å². The van der Waals surface area contributed by atoms with E-state index >= 15 is 0 Å². The van der Waals surface area contributed by atoms with Gasteiger partial charge in [0.1, 0.15) is 0 Å².